The van der Waals surface area contributed by atoms with E-state index in [0.29, 0.717) is 0 Å². The van der Waals surface area contributed by atoms with Gasteiger partial charge in [-0.25, -0.2) is 9.97 Å². The smallest absolute Gasteiger partial charge is 0.133 e. The summed E-state index contributed by atoms with van der Waals surface area (Å²) in [6.45, 7) is 3.57. The van der Waals surface area contributed by atoms with E-state index in [1.54, 1.807) is 6.33 Å². The molecule has 5 nitrogen and oxygen atoms in total. The van der Waals surface area contributed by atoms with Gasteiger partial charge in [-0.3, -0.25) is 0 Å². The molecule has 1 aromatic heterocycles. The first-order valence-corrected chi connectivity index (χ1v) is 7.73. The summed E-state index contributed by atoms with van der Waals surface area (Å²) in [7, 11) is 4.19. The fraction of sp³-hybridized carbons (Fsp3) is 0.412. The average molecular weight is 297 g/mol. The maximum absolute atomic E-state index is 4.44. The molecule has 1 aliphatic heterocycles. The molecule has 3 rings (SSSR count). The predicted molar refractivity (Wildman–Crippen MR) is 88.6 cm³/mol. The number of hydrogen-bond acceptors (Lipinski definition) is 5. The van der Waals surface area contributed by atoms with Crippen LogP contribution in [0, 0.1) is 0 Å². The summed E-state index contributed by atoms with van der Waals surface area (Å²) in [4.78, 5) is 11.0. The monoisotopic (exact) mass is 297 g/mol. The number of hydrogen-bond donors (Lipinski definition) is 2. The highest BCUT2D eigenvalue weighted by molar-refractivity contribution is 5.47. The number of rotatable bonds is 5. The fourth-order valence-corrected chi connectivity index (χ4v) is 2.84. The first-order chi connectivity index (χ1) is 10.7. The van der Waals surface area contributed by atoms with E-state index in [4.69, 9.17) is 0 Å². The lowest BCUT2D eigenvalue weighted by atomic mass is 10.1. The lowest BCUT2D eigenvalue weighted by Crippen LogP contribution is -2.26. The van der Waals surface area contributed by atoms with E-state index in [1.807, 2.05) is 0 Å². The Morgan fingerprint density at radius 1 is 1.18 bits per heavy atom. The van der Waals surface area contributed by atoms with Crippen LogP contribution in [0.2, 0.25) is 0 Å². The zero-order chi connectivity index (χ0) is 15.4. The SMILES string of the molecule is CN(C)Cc1ccccc1CNc1ncnc2c1CCNC2. The van der Waals surface area contributed by atoms with E-state index in [1.165, 1.54) is 16.7 Å². The first-order valence-electron chi connectivity index (χ1n) is 7.73. The minimum Gasteiger partial charge on any atom is -0.366 e. The Kier molecular flexibility index (Phi) is 4.65. The molecule has 22 heavy (non-hydrogen) atoms. The molecule has 0 atom stereocenters. The molecule has 1 aliphatic rings. The number of aromatic nitrogens is 2. The molecule has 0 bridgehead atoms. The standard InChI is InChI=1S/C17H23N5/c1-22(2)11-14-6-4-3-5-13(14)9-19-17-15-7-8-18-10-16(15)20-12-21-17/h3-6,12,18H,7-11H2,1-2H3,(H,19,20,21). The third-order valence-electron chi connectivity index (χ3n) is 3.93. The van der Waals surface area contributed by atoms with E-state index >= 15 is 0 Å². The van der Waals surface area contributed by atoms with Crippen LogP contribution in [-0.4, -0.2) is 35.5 Å². The van der Waals surface area contributed by atoms with E-state index in [2.05, 4.69) is 63.9 Å². The van der Waals surface area contributed by atoms with Crippen molar-refractivity contribution in [1.82, 2.24) is 20.2 Å². The van der Waals surface area contributed by atoms with Gasteiger partial charge in [0.1, 0.15) is 12.1 Å². The van der Waals surface area contributed by atoms with Gasteiger partial charge in [0.15, 0.2) is 0 Å². The molecule has 1 aromatic carbocycles. The van der Waals surface area contributed by atoms with Gasteiger partial charge in [0.2, 0.25) is 0 Å². The topological polar surface area (TPSA) is 53.1 Å². The molecule has 0 spiro atoms. The van der Waals surface area contributed by atoms with E-state index in [-0.39, 0.29) is 0 Å². The van der Waals surface area contributed by atoms with Gasteiger partial charge in [0.05, 0.1) is 5.69 Å². The predicted octanol–water partition coefficient (Wildman–Crippen LogP) is 1.80. The molecule has 0 radical (unpaired) electrons. The van der Waals surface area contributed by atoms with Crippen LogP contribution in [0.4, 0.5) is 5.82 Å². The van der Waals surface area contributed by atoms with Crippen molar-refractivity contribution in [2.24, 2.45) is 0 Å². The maximum atomic E-state index is 4.44. The van der Waals surface area contributed by atoms with Crippen LogP contribution in [0.3, 0.4) is 0 Å². The highest BCUT2D eigenvalue weighted by atomic mass is 15.1. The molecule has 2 N–H and O–H groups in total. The Morgan fingerprint density at radius 2 is 2.00 bits per heavy atom. The molecule has 0 unspecified atom stereocenters. The summed E-state index contributed by atoms with van der Waals surface area (Å²) in [6.07, 6.45) is 2.64. The first kappa shape index (κ1) is 14.9. The van der Waals surface area contributed by atoms with Gasteiger partial charge in [0.25, 0.3) is 0 Å². The van der Waals surface area contributed by atoms with Crippen molar-refractivity contribution in [3.05, 3.63) is 53.0 Å². The number of benzene rings is 1. The van der Waals surface area contributed by atoms with Gasteiger partial charge in [-0.05, 0) is 38.2 Å². The number of nitrogens with zero attached hydrogens (tertiary/aromatic N) is 3. The van der Waals surface area contributed by atoms with Crippen molar-refractivity contribution in [1.29, 1.82) is 0 Å². The molecule has 0 fully saturated rings. The van der Waals surface area contributed by atoms with Crippen LogP contribution in [0.15, 0.2) is 30.6 Å². The summed E-state index contributed by atoms with van der Waals surface area (Å²) in [5.41, 5.74) is 5.04. The normalized spacial score (nSPS) is 14.0. The Bertz CT molecular complexity index is 639. The lowest BCUT2D eigenvalue weighted by molar-refractivity contribution is 0.401. The van der Waals surface area contributed by atoms with Crippen molar-refractivity contribution in [3.8, 4) is 0 Å². The number of nitrogens with one attached hydrogen (secondary N) is 2. The second-order valence-corrected chi connectivity index (χ2v) is 5.93. The van der Waals surface area contributed by atoms with Crippen LogP contribution in [0.5, 0.6) is 0 Å². The summed E-state index contributed by atoms with van der Waals surface area (Å²) in [5.74, 6) is 0.978. The fourth-order valence-electron chi connectivity index (χ4n) is 2.84. The highest BCUT2D eigenvalue weighted by Crippen LogP contribution is 2.20. The van der Waals surface area contributed by atoms with Crippen molar-refractivity contribution in [2.75, 3.05) is 26.0 Å². The number of fused-ring (bicyclic) bond motifs is 1. The molecule has 0 saturated carbocycles. The largest absolute Gasteiger partial charge is 0.366 e. The molecule has 116 valence electrons. The third-order valence-corrected chi connectivity index (χ3v) is 3.93. The highest BCUT2D eigenvalue weighted by Gasteiger charge is 2.15. The van der Waals surface area contributed by atoms with E-state index in [0.717, 1.165) is 44.1 Å². The summed E-state index contributed by atoms with van der Waals surface area (Å²) in [6, 6.07) is 8.56. The van der Waals surface area contributed by atoms with Crippen LogP contribution >= 0.6 is 0 Å². The van der Waals surface area contributed by atoms with Crippen molar-refractivity contribution >= 4 is 5.82 Å². The lowest BCUT2D eigenvalue weighted by Gasteiger charge is -2.20. The van der Waals surface area contributed by atoms with Crippen LogP contribution in [0.25, 0.3) is 0 Å². The molecule has 5 heteroatoms. The summed E-state index contributed by atoms with van der Waals surface area (Å²) in [5, 5.41) is 6.85. The van der Waals surface area contributed by atoms with Crippen molar-refractivity contribution in [3.63, 3.8) is 0 Å². The zero-order valence-electron chi connectivity index (χ0n) is 13.3. The Labute approximate surface area is 131 Å². The maximum Gasteiger partial charge on any atom is 0.133 e. The van der Waals surface area contributed by atoms with Crippen molar-refractivity contribution in [2.45, 2.75) is 26.1 Å². The van der Waals surface area contributed by atoms with Gasteiger partial charge in [-0.15, -0.1) is 0 Å². The molecule has 2 heterocycles. The van der Waals surface area contributed by atoms with Crippen LogP contribution < -0.4 is 10.6 Å². The quantitative estimate of drug-likeness (QED) is 0.881. The van der Waals surface area contributed by atoms with Crippen LogP contribution in [0.1, 0.15) is 22.4 Å². The van der Waals surface area contributed by atoms with Gasteiger partial charge >= 0.3 is 0 Å². The zero-order valence-corrected chi connectivity index (χ0v) is 13.3. The second-order valence-electron chi connectivity index (χ2n) is 5.93. The van der Waals surface area contributed by atoms with Gasteiger partial charge in [0, 0.05) is 25.2 Å². The summed E-state index contributed by atoms with van der Waals surface area (Å²) < 4.78 is 0. The molecular formula is C17H23N5. The Morgan fingerprint density at radius 3 is 2.82 bits per heavy atom. The van der Waals surface area contributed by atoms with Gasteiger partial charge in [-0.1, -0.05) is 24.3 Å². The molecule has 2 aromatic rings. The molecular weight excluding hydrogens is 274 g/mol. The van der Waals surface area contributed by atoms with Gasteiger partial charge < -0.3 is 15.5 Å². The third kappa shape index (κ3) is 3.43. The minimum absolute atomic E-state index is 0.793. The second kappa shape index (κ2) is 6.85. The minimum atomic E-state index is 0.793. The Balaban J connectivity index is 1.76. The van der Waals surface area contributed by atoms with E-state index < -0.39 is 0 Å². The van der Waals surface area contributed by atoms with E-state index in [9.17, 15) is 0 Å². The average Bonchev–Trinajstić information content (AvgIpc) is 2.53. The molecule has 0 saturated heterocycles. The van der Waals surface area contributed by atoms with Crippen molar-refractivity contribution < 1.29 is 0 Å². The van der Waals surface area contributed by atoms with Gasteiger partial charge in [-0.2, -0.15) is 0 Å². The Hall–Kier alpha value is -1.98. The number of anilines is 1. The molecule has 0 amide bonds. The molecule has 0 aliphatic carbocycles. The van der Waals surface area contributed by atoms with Crippen LogP contribution in [-0.2, 0) is 26.1 Å². The summed E-state index contributed by atoms with van der Waals surface area (Å²) >= 11 is 0.